The monoisotopic (exact) mass is 261 g/mol. The van der Waals surface area contributed by atoms with E-state index in [1.165, 1.54) is 12.1 Å². The van der Waals surface area contributed by atoms with E-state index in [4.69, 9.17) is 5.26 Å². The van der Waals surface area contributed by atoms with Crippen LogP contribution >= 0.6 is 0 Å². The van der Waals surface area contributed by atoms with Gasteiger partial charge in [0.25, 0.3) is 0 Å². The van der Waals surface area contributed by atoms with Gasteiger partial charge in [-0.25, -0.2) is 4.39 Å². The first-order chi connectivity index (χ1) is 9.11. The van der Waals surface area contributed by atoms with E-state index in [1.807, 2.05) is 12.1 Å². The zero-order valence-electron chi connectivity index (χ0n) is 11.5. The zero-order chi connectivity index (χ0) is 13.8. The fourth-order valence-electron chi connectivity index (χ4n) is 2.79. The van der Waals surface area contributed by atoms with Gasteiger partial charge in [-0.3, -0.25) is 0 Å². The third-order valence-electron chi connectivity index (χ3n) is 3.77. The second kappa shape index (κ2) is 6.03. The minimum atomic E-state index is -0.222. The Labute approximate surface area is 114 Å². The predicted molar refractivity (Wildman–Crippen MR) is 74.5 cm³/mol. The molecule has 0 radical (unpaired) electrons. The first-order valence-electron chi connectivity index (χ1n) is 6.71. The number of nitrogens with zero attached hydrogens (tertiary/aromatic N) is 3. The van der Waals surface area contributed by atoms with Crippen molar-refractivity contribution in [2.75, 3.05) is 25.0 Å². The molecule has 0 aromatic heterocycles. The normalized spacial score (nSPS) is 24.8. The van der Waals surface area contributed by atoms with Crippen molar-refractivity contribution in [1.29, 1.82) is 5.26 Å². The van der Waals surface area contributed by atoms with Crippen molar-refractivity contribution in [3.05, 3.63) is 30.1 Å². The first-order valence-corrected chi connectivity index (χ1v) is 6.71. The second-order valence-electron chi connectivity index (χ2n) is 5.30. The van der Waals surface area contributed by atoms with Crippen LogP contribution in [0.25, 0.3) is 0 Å². The summed E-state index contributed by atoms with van der Waals surface area (Å²) in [5.41, 5.74) is 1.00. The Hall–Kier alpha value is -1.60. The van der Waals surface area contributed by atoms with Crippen LogP contribution in [0.4, 0.5) is 10.1 Å². The predicted octanol–water partition coefficient (Wildman–Crippen LogP) is 2.64. The van der Waals surface area contributed by atoms with Crippen LogP contribution in [-0.4, -0.2) is 37.1 Å². The molecule has 1 fully saturated rings. The minimum Gasteiger partial charge on any atom is -0.363 e. The largest absolute Gasteiger partial charge is 0.363 e. The summed E-state index contributed by atoms with van der Waals surface area (Å²) in [4.78, 5) is 4.54. The molecule has 1 aliphatic heterocycles. The molecule has 1 heterocycles. The highest BCUT2D eigenvalue weighted by Crippen LogP contribution is 2.26. The van der Waals surface area contributed by atoms with Crippen LogP contribution in [0.2, 0.25) is 0 Å². The molecule has 19 heavy (non-hydrogen) atoms. The van der Waals surface area contributed by atoms with Gasteiger partial charge in [-0.15, -0.1) is 0 Å². The van der Waals surface area contributed by atoms with E-state index in [9.17, 15) is 4.39 Å². The molecule has 2 atom stereocenters. The topological polar surface area (TPSA) is 30.3 Å². The molecular weight excluding hydrogens is 241 g/mol. The van der Waals surface area contributed by atoms with Gasteiger partial charge >= 0.3 is 0 Å². The molecule has 0 saturated carbocycles. The molecule has 0 spiro atoms. The van der Waals surface area contributed by atoms with Crippen molar-refractivity contribution in [3.8, 4) is 6.07 Å². The van der Waals surface area contributed by atoms with Crippen molar-refractivity contribution < 1.29 is 4.39 Å². The van der Waals surface area contributed by atoms with Gasteiger partial charge in [0.05, 0.1) is 18.5 Å². The standard InChI is InChI=1S/C15H20FN3/c1-12-8-10-18(2)11-15(7-9-17)19(12)14-5-3-13(16)4-6-14/h3-6,12,15H,7-8,10-11H2,1-2H3. The number of halogens is 1. The molecule has 2 rings (SSSR count). The van der Waals surface area contributed by atoms with Crippen LogP contribution in [0.3, 0.4) is 0 Å². The molecule has 102 valence electrons. The maximum atomic E-state index is 13.1. The summed E-state index contributed by atoms with van der Waals surface area (Å²) in [6.45, 7) is 4.07. The van der Waals surface area contributed by atoms with E-state index >= 15 is 0 Å². The summed E-state index contributed by atoms with van der Waals surface area (Å²) >= 11 is 0. The molecule has 0 N–H and O–H groups in total. The summed E-state index contributed by atoms with van der Waals surface area (Å²) in [5.74, 6) is -0.222. The third-order valence-corrected chi connectivity index (χ3v) is 3.77. The average Bonchev–Trinajstić information content (AvgIpc) is 2.51. The lowest BCUT2D eigenvalue weighted by Gasteiger charge is -2.36. The fourth-order valence-corrected chi connectivity index (χ4v) is 2.79. The van der Waals surface area contributed by atoms with E-state index in [0.717, 1.165) is 25.2 Å². The van der Waals surface area contributed by atoms with E-state index in [1.54, 1.807) is 0 Å². The smallest absolute Gasteiger partial charge is 0.123 e. The van der Waals surface area contributed by atoms with Gasteiger partial charge in [0.1, 0.15) is 5.82 Å². The zero-order valence-corrected chi connectivity index (χ0v) is 11.5. The third kappa shape index (κ3) is 3.24. The van der Waals surface area contributed by atoms with Gasteiger partial charge in [0.15, 0.2) is 0 Å². The van der Waals surface area contributed by atoms with Crippen LogP contribution in [0.15, 0.2) is 24.3 Å². The molecule has 4 heteroatoms. The molecular formula is C15H20FN3. The highest BCUT2D eigenvalue weighted by Gasteiger charge is 2.28. The Kier molecular flexibility index (Phi) is 4.39. The number of anilines is 1. The number of hydrogen-bond donors (Lipinski definition) is 0. The molecule has 0 bridgehead atoms. The minimum absolute atomic E-state index is 0.165. The second-order valence-corrected chi connectivity index (χ2v) is 5.30. The summed E-state index contributed by atoms with van der Waals surface area (Å²) in [6.07, 6.45) is 1.54. The highest BCUT2D eigenvalue weighted by molar-refractivity contribution is 5.49. The number of rotatable bonds is 2. The molecule has 0 aliphatic carbocycles. The molecule has 1 aromatic carbocycles. The first kappa shape index (κ1) is 13.8. The van der Waals surface area contributed by atoms with Crippen LogP contribution < -0.4 is 4.90 Å². The van der Waals surface area contributed by atoms with Crippen molar-refractivity contribution in [1.82, 2.24) is 4.90 Å². The fraction of sp³-hybridized carbons (Fsp3) is 0.533. The maximum absolute atomic E-state index is 13.1. The summed E-state index contributed by atoms with van der Waals surface area (Å²) in [7, 11) is 2.09. The number of nitriles is 1. The lowest BCUT2D eigenvalue weighted by atomic mass is 10.1. The quantitative estimate of drug-likeness (QED) is 0.820. The van der Waals surface area contributed by atoms with E-state index < -0.39 is 0 Å². The molecule has 3 nitrogen and oxygen atoms in total. The average molecular weight is 261 g/mol. The van der Waals surface area contributed by atoms with Crippen LogP contribution in [0.1, 0.15) is 19.8 Å². The number of hydrogen-bond acceptors (Lipinski definition) is 3. The molecule has 1 aromatic rings. The van der Waals surface area contributed by atoms with Crippen LogP contribution in [0, 0.1) is 17.1 Å². The van der Waals surface area contributed by atoms with Gasteiger partial charge in [0.2, 0.25) is 0 Å². The molecule has 1 aliphatic rings. The Morgan fingerprint density at radius 1 is 1.37 bits per heavy atom. The Morgan fingerprint density at radius 3 is 2.68 bits per heavy atom. The Bertz CT molecular complexity index is 451. The number of likely N-dealkylation sites (N-methyl/N-ethyl adjacent to an activating group) is 1. The SMILES string of the molecule is CC1CCN(C)CC(CC#N)N1c1ccc(F)cc1. The van der Waals surface area contributed by atoms with Gasteiger partial charge in [-0.2, -0.15) is 5.26 Å². The van der Waals surface area contributed by atoms with Gasteiger partial charge in [0, 0.05) is 18.3 Å². The van der Waals surface area contributed by atoms with Crippen LogP contribution in [-0.2, 0) is 0 Å². The van der Waals surface area contributed by atoms with Gasteiger partial charge < -0.3 is 9.80 Å². The van der Waals surface area contributed by atoms with Crippen molar-refractivity contribution in [2.45, 2.75) is 31.8 Å². The van der Waals surface area contributed by atoms with E-state index in [0.29, 0.717) is 12.5 Å². The van der Waals surface area contributed by atoms with Crippen molar-refractivity contribution >= 4 is 5.69 Å². The summed E-state index contributed by atoms with van der Waals surface area (Å²) in [5, 5.41) is 9.04. The Morgan fingerprint density at radius 2 is 2.05 bits per heavy atom. The molecule has 0 amide bonds. The van der Waals surface area contributed by atoms with Gasteiger partial charge in [-0.1, -0.05) is 0 Å². The number of benzene rings is 1. The lowest BCUT2D eigenvalue weighted by molar-refractivity contribution is 0.331. The molecule has 2 unspecified atom stereocenters. The summed E-state index contributed by atoms with van der Waals surface area (Å²) in [6, 6.07) is 9.38. The lowest BCUT2D eigenvalue weighted by Crippen LogP contribution is -2.44. The maximum Gasteiger partial charge on any atom is 0.123 e. The molecule has 1 saturated heterocycles. The van der Waals surface area contributed by atoms with Crippen molar-refractivity contribution in [3.63, 3.8) is 0 Å². The van der Waals surface area contributed by atoms with E-state index in [2.05, 4.69) is 29.8 Å². The van der Waals surface area contributed by atoms with E-state index in [-0.39, 0.29) is 11.9 Å². The summed E-state index contributed by atoms with van der Waals surface area (Å²) < 4.78 is 13.1. The van der Waals surface area contributed by atoms with Crippen LogP contribution in [0.5, 0.6) is 0 Å². The van der Waals surface area contributed by atoms with Gasteiger partial charge in [-0.05, 0) is 51.2 Å². The highest BCUT2D eigenvalue weighted by atomic mass is 19.1. The van der Waals surface area contributed by atoms with Crippen molar-refractivity contribution in [2.24, 2.45) is 0 Å². The Balaban J connectivity index is 2.30.